The van der Waals surface area contributed by atoms with Crippen molar-refractivity contribution >= 4 is 11.8 Å². The highest BCUT2D eigenvalue weighted by Crippen LogP contribution is 2.22. The maximum atomic E-state index is 13.0. The van der Waals surface area contributed by atoms with Crippen LogP contribution >= 0.6 is 0 Å². The number of piperidine rings is 1. The molecule has 1 aliphatic rings. The summed E-state index contributed by atoms with van der Waals surface area (Å²) in [5, 5.41) is 0. The summed E-state index contributed by atoms with van der Waals surface area (Å²) in [4.78, 5) is 29.6. The van der Waals surface area contributed by atoms with Crippen LogP contribution in [-0.4, -0.2) is 47.3 Å². The van der Waals surface area contributed by atoms with E-state index in [2.05, 4.69) is 6.92 Å². The normalized spacial score (nSPS) is 15.7. The summed E-state index contributed by atoms with van der Waals surface area (Å²) in [6.07, 6.45) is 2.85. The summed E-state index contributed by atoms with van der Waals surface area (Å²) in [5.74, 6) is 0.180. The molecule has 0 aromatic heterocycles. The van der Waals surface area contributed by atoms with Crippen LogP contribution in [0.3, 0.4) is 0 Å². The minimum Gasteiger partial charge on any atom is -0.340 e. The third kappa shape index (κ3) is 5.45. The Balaban J connectivity index is 1.58. The van der Waals surface area contributed by atoms with Crippen molar-refractivity contribution < 1.29 is 9.59 Å². The molecular weight excluding hydrogens is 362 g/mol. The minimum absolute atomic E-state index is 0.0727. The zero-order valence-corrected chi connectivity index (χ0v) is 17.2. The van der Waals surface area contributed by atoms with E-state index in [4.69, 9.17) is 5.73 Å². The molecular formula is C24H31N3O2. The third-order valence-corrected chi connectivity index (χ3v) is 5.62. The Kier molecular flexibility index (Phi) is 7.42. The Labute approximate surface area is 173 Å². The summed E-state index contributed by atoms with van der Waals surface area (Å²) in [5.41, 5.74) is 8.00. The molecule has 2 aromatic carbocycles. The Hall–Kier alpha value is -2.66. The van der Waals surface area contributed by atoms with Crippen LogP contribution in [0.15, 0.2) is 60.7 Å². The molecule has 0 spiro atoms. The van der Waals surface area contributed by atoms with Gasteiger partial charge in [0.15, 0.2) is 0 Å². The van der Waals surface area contributed by atoms with Crippen molar-refractivity contribution in [2.24, 2.45) is 5.73 Å². The van der Waals surface area contributed by atoms with Crippen LogP contribution in [0.2, 0.25) is 0 Å². The smallest absolute Gasteiger partial charge is 0.253 e. The standard InChI is InChI=1S/C24H31N3O2/c1-2-15-27(23(28)18-22(25)19-9-5-3-6-10-19)21-13-16-26(17-14-21)24(29)20-11-7-4-8-12-20/h3-12,21-22H,2,13-18,25H2,1H3. The van der Waals surface area contributed by atoms with Gasteiger partial charge in [0, 0.05) is 43.7 Å². The lowest BCUT2D eigenvalue weighted by atomic mass is 9.99. The molecule has 5 heteroatoms. The monoisotopic (exact) mass is 393 g/mol. The van der Waals surface area contributed by atoms with Gasteiger partial charge in [0.1, 0.15) is 0 Å². The van der Waals surface area contributed by atoms with Crippen molar-refractivity contribution in [3.8, 4) is 0 Å². The number of hydrogen-bond donors (Lipinski definition) is 1. The van der Waals surface area contributed by atoms with Crippen molar-refractivity contribution in [3.05, 3.63) is 71.8 Å². The predicted molar refractivity (Wildman–Crippen MR) is 115 cm³/mol. The maximum absolute atomic E-state index is 13.0. The van der Waals surface area contributed by atoms with Crippen LogP contribution in [0.5, 0.6) is 0 Å². The first kappa shape index (κ1) is 21.1. The van der Waals surface area contributed by atoms with Crippen LogP contribution in [0, 0.1) is 0 Å². The van der Waals surface area contributed by atoms with Crippen molar-refractivity contribution in [1.29, 1.82) is 0 Å². The van der Waals surface area contributed by atoms with Crippen molar-refractivity contribution in [2.45, 2.75) is 44.7 Å². The van der Waals surface area contributed by atoms with E-state index in [0.29, 0.717) is 19.5 Å². The van der Waals surface area contributed by atoms with Crippen LogP contribution in [0.25, 0.3) is 0 Å². The van der Waals surface area contributed by atoms with Gasteiger partial charge in [-0.1, -0.05) is 55.5 Å². The molecule has 0 radical (unpaired) electrons. The number of benzene rings is 2. The Morgan fingerprint density at radius 3 is 2.21 bits per heavy atom. The number of carbonyl (C=O) groups is 2. The number of likely N-dealkylation sites (tertiary alicyclic amines) is 1. The second-order valence-electron chi connectivity index (χ2n) is 7.70. The summed E-state index contributed by atoms with van der Waals surface area (Å²) in [7, 11) is 0. The SMILES string of the molecule is CCCN(C(=O)CC(N)c1ccccc1)C1CCN(C(=O)c2ccccc2)CC1. The van der Waals surface area contributed by atoms with E-state index < -0.39 is 0 Å². The number of rotatable bonds is 7. The molecule has 0 bridgehead atoms. The quantitative estimate of drug-likeness (QED) is 0.781. The molecule has 2 N–H and O–H groups in total. The van der Waals surface area contributed by atoms with Gasteiger partial charge in [-0.15, -0.1) is 0 Å². The number of amides is 2. The van der Waals surface area contributed by atoms with Crippen molar-refractivity contribution in [2.75, 3.05) is 19.6 Å². The average Bonchev–Trinajstić information content (AvgIpc) is 2.78. The van der Waals surface area contributed by atoms with E-state index in [1.165, 1.54) is 0 Å². The Bertz CT molecular complexity index is 786. The van der Waals surface area contributed by atoms with Crippen LogP contribution in [0.4, 0.5) is 0 Å². The van der Waals surface area contributed by atoms with Gasteiger partial charge in [-0.05, 0) is 37.0 Å². The fourth-order valence-corrected chi connectivity index (χ4v) is 4.02. The van der Waals surface area contributed by atoms with Gasteiger partial charge in [0.2, 0.25) is 5.91 Å². The largest absolute Gasteiger partial charge is 0.340 e. The zero-order valence-electron chi connectivity index (χ0n) is 17.2. The summed E-state index contributed by atoms with van der Waals surface area (Å²) < 4.78 is 0. The topological polar surface area (TPSA) is 66.6 Å². The van der Waals surface area contributed by atoms with E-state index >= 15 is 0 Å². The van der Waals surface area contributed by atoms with E-state index in [9.17, 15) is 9.59 Å². The highest BCUT2D eigenvalue weighted by Gasteiger charge is 2.30. The van der Waals surface area contributed by atoms with Gasteiger partial charge < -0.3 is 15.5 Å². The summed E-state index contributed by atoms with van der Waals surface area (Å²) >= 11 is 0. The maximum Gasteiger partial charge on any atom is 0.253 e. The first-order chi connectivity index (χ1) is 14.1. The van der Waals surface area contributed by atoms with Crippen molar-refractivity contribution in [1.82, 2.24) is 9.80 Å². The van der Waals surface area contributed by atoms with Crippen molar-refractivity contribution in [3.63, 3.8) is 0 Å². The van der Waals surface area contributed by atoms with Gasteiger partial charge >= 0.3 is 0 Å². The summed E-state index contributed by atoms with van der Waals surface area (Å²) in [6.45, 7) is 4.18. The second kappa shape index (κ2) is 10.2. The molecule has 1 unspecified atom stereocenters. The molecule has 2 amide bonds. The third-order valence-electron chi connectivity index (χ3n) is 5.62. The first-order valence-electron chi connectivity index (χ1n) is 10.5. The number of carbonyl (C=O) groups excluding carboxylic acids is 2. The number of nitrogens with two attached hydrogens (primary N) is 1. The highest BCUT2D eigenvalue weighted by molar-refractivity contribution is 5.94. The van der Waals surface area contributed by atoms with Gasteiger partial charge in [-0.3, -0.25) is 9.59 Å². The molecule has 0 aliphatic carbocycles. The number of nitrogens with zero attached hydrogens (tertiary/aromatic N) is 2. The highest BCUT2D eigenvalue weighted by atomic mass is 16.2. The fourth-order valence-electron chi connectivity index (χ4n) is 4.02. The van der Waals surface area contributed by atoms with Gasteiger partial charge in [-0.25, -0.2) is 0 Å². The van der Waals surface area contributed by atoms with Gasteiger partial charge in [0.05, 0.1) is 0 Å². The van der Waals surface area contributed by atoms with E-state index in [1.807, 2.05) is 70.5 Å². The van der Waals surface area contributed by atoms with Gasteiger partial charge in [-0.2, -0.15) is 0 Å². The molecule has 1 aliphatic heterocycles. The summed E-state index contributed by atoms with van der Waals surface area (Å²) in [6, 6.07) is 19.1. The Morgan fingerprint density at radius 1 is 1.03 bits per heavy atom. The molecule has 154 valence electrons. The van der Waals surface area contributed by atoms with E-state index in [-0.39, 0.29) is 23.9 Å². The Morgan fingerprint density at radius 2 is 1.62 bits per heavy atom. The fraction of sp³-hybridized carbons (Fsp3) is 0.417. The molecule has 1 fully saturated rings. The molecule has 5 nitrogen and oxygen atoms in total. The molecule has 1 atom stereocenters. The number of hydrogen-bond acceptors (Lipinski definition) is 3. The molecule has 1 saturated heterocycles. The van der Waals surface area contributed by atoms with Crippen LogP contribution in [0.1, 0.15) is 54.6 Å². The first-order valence-corrected chi connectivity index (χ1v) is 10.5. The molecule has 1 heterocycles. The second-order valence-corrected chi connectivity index (χ2v) is 7.70. The van der Waals surface area contributed by atoms with Crippen LogP contribution in [-0.2, 0) is 4.79 Å². The minimum atomic E-state index is -0.289. The van der Waals surface area contributed by atoms with Crippen LogP contribution < -0.4 is 5.73 Å². The molecule has 29 heavy (non-hydrogen) atoms. The van der Waals surface area contributed by atoms with E-state index in [0.717, 1.165) is 36.9 Å². The average molecular weight is 394 g/mol. The predicted octanol–water partition coefficient (Wildman–Crippen LogP) is 3.62. The lowest BCUT2D eigenvalue weighted by molar-refractivity contribution is -0.134. The molecule has 0 saturated carbocycles. The van der Waals surface area contributed by atoms with Gasteiger partial charge in [0.25, 0.3) is 5.91 Å². The lowest BCUT2D eigenvalue weighted by Gasteiger charge is -2.39. The van der Waals surface area contributed by atoms with E-state index in [1.54, 1.807) is 0 Å². The zero-order chi connectivity index (χ0) is 20.6. The molecule has 3 rings (SSSR count). The molecule has 2 aromatic rings. The lowest BCUT2D eigenvalue weighted by Crippen LogP contribution is -2.49.